The summed E-state index contributed by atoms with van der Waals surface area (Å²) in [6.07, 6.45) is -0.429. The fourth-order valence-electron chi connectivity index (χ4n) is 2.69. The Morgan fingerprint density at radius 3 is 2.46 bits per heavy atom. The first-order chi connectivity index (χ1) is 13.3. The van der Waals surface area contributed by atoms with Crippen LogP contribution in [0.25, 0.3) is 0 Å². The van der Waals surface area contributed by atoms with Gasteiger partial charge in [0.15, 0.2) is 17.6 Å². The van der Waals surface area contributed by atoms with Crippen molar-refractivity contribution in [3.05, 3.63) is 57.6 Å². The molecule has 2 aromatic carbocycles. The first kappa shape index (κ1) is 21.0. The van der Waals surface area contributed by atoms with Crippen molar-refractivity contribution >= 4 is 11.6 Å². The molecule has 0 aromatic heterocycles. The van der Waals surface area contributed by atoms with E-state index < -0.39 is 11.0 Å². The molecule has 0 aliphatic heterocycles. The van der Waals surface area contributed by atoms with Crippen molar-refractivity contribution in [1.82, 2.24) is 5.32 Å². The molecule has 1 amide bonds. The Kier molecular flexibility index (Phi) is 7.20. The van der Waals surface area contributed by atoms with E-state index >= 15 is 0 Å². The number of rotatable bonds is 9. The number of nitrogens with one attached hydrogen (secondary N) is 1. The second-order valence-electron chi connectivity index (χ2n) is 6.21. The Morgan fingerprint density at radius 1 is 1.18 bits per heavy atom. The molecular formula is C20H24N2O6. The lowest BCUT2D eigenvalue weighted by Crippen LogP contribution is -2.37. The lowest BCUT2D eigenvalue weighted by molar-refractivity contribution is -0.385. The van der Waals surface area contributed by atoms with Gasteiger partial charge in [-0.3, -0.25) is 14.9 Å². The summed E-state index contributed by atoms with van der Waals surface area (Å²) in [5.74, 6) is 0.982. The molecule has 0 radical (unpaired) electrons. The largest absolute Gasteiger partial charge is 0.493 e. The highest BCUT2D eigenvalue weighted by Gasteiger charge is 2.20. The summed E-state index contributed by atoms with van der Waals surface area (Å²) in [5, 5.41) is 14.1. The van der Waals surface area contributed by atoms with Crippen LogP contribution in [0.4, 0.5) is 5.69 Å². The third kappa shape index (κ3) is 5.35. The minimum absolute atomic E-state index is 0.0871. The van der Waals surface area contributed by atoms with Gasteiger partial charge in [0.25, 0.3) is 11.6 Å². The van der Waals surface area contributed by atoms with E-state index in [1.54, 1.807) is 19.1 Å². The number of aryl methyl sites for hydroxylation is 1. The highest BCUT2D eigenvalue weighted by Crippen LogP contribution is 2.34. The van der Waals surface area contributed by atoms with Gasteiger partial charge in [0.1, 0.15) is 5.75 Å². The average Bonchev–Trinajstić information content (AvgIpc) is 2.67. The molecule has 2 aromatic rings. The van der Waals surface area contributed by atoms with Crippen LogP contribution in [0, 0.1) is 17.0 Å². The summed E-state index contributed by atoms with van der Waals surface area (Å²) in [5.41, 5.74) is 1.39. The van der Waals surface area contributed by atoms with Gasteiger partial charge < -0.3 is 19.5 Å². The second-order valence-corrected chi connectivity index (χ2v) is 6.21. The highest BCUT2D eigenvalue weighted by molar-refractivity contribution is 5.80. The minimum Gasteiger partial charge on any atom is -0.493 e. The smallest absolute Gasteiger partial charge is 0.276 e. The zero-order valence-corrected chi connectivity index (χ0v) is 16.4. The molecule has 0 saturated carbocycles. The van der Waals surface area contributed by atoms with Crippen LogP contribution in [0.3, 0.4) is 0 Å². The molecule has 1 N–H and O–H groups in total. The molecule has 8 heteroatoms. The van der Waals surface area contributed by atoms with E-state index in [9.17, 15) is 14.9 Å². The summed E-state index contributed by atoms with van der Waals surface area (Å²) in [7, 11) is 2.87. The molecule has 8 nitrogen and oxygen atoms in total. The summed E-state index contributed by atoms with van der Waals surface area (Å²) in [6.45, 7) is 3.81. The molecule has 0 bridgehead atoms. The Morgan fingerprint density at radius 2 is 1.86 bits per heavy atom. The van der Waals surface area contributed by atoms with Crippen LogP contribution in [0.2, 0.25) is 0 Å². The van der Waals surface area contributed by atoms with E-state index in [1.807, 2.05) is 25.1 Å². The monoisotopic (exact) mass is 388 g/mol. The number of amides is 1. The predicted octanol–water partition coefficient (Wildman–Crippen LogP) is 3.05. The maximum absolute atomic E-state index is 12.3. The zero-order chi connectivity index (χ0) is 20.7. The quantitative estimate of drug-likeness (QED) is 0.523. The Bertz CT molecular complexity index is 853. The topological polar surface area (TPSA) is 99.9 Å². The third-order valence-corrected chi connectivity index (χ3v) is 4.15. The van der Waals surface area contributed by atoms with E-state index in [0.717, 1.165) is 5.56 Å². The SMILES string of the molecule is COc1cc(CCNC(=O)C(C)Oc2cccc(C)c2)c([N+](=O)[O-])cc1OC. The van der Waals surface area contributed by atoms with Gasteiger partial charge in [-0.2, -0.15) is 0 Å². The number of benzene rings is 2. The summed E-state index contributed by atoms with van der Waals surface area (Å²) < 4.78 is 15.9. The van der Waals surface area contributed by atoms with E-state index in [0.29, 0.717) is 17.1 Å². The fourth-order valence-corrected chi connectivity index (χ4v) is 2.69. The maximum Gasteiger partial charge on any atom is 0.276 e. The zero-order valence-electron chi connectivity index (χ0n) is 16.4. The second kappa shape index (κ2) is 9.59. The van der Waals surface area contributed by atoms with Gasteiger partial charge in [0, 0.05) is 12.1 Å². The summed E-state index contributed by atoms with van der Waals surface area (Å²) in [4.78, 5) is 23.1. The number of nitro benzene ring substituents is 1. The van der Waals surface area contributed by atoms with Gasteiger partial charge >= 0.3 is 0 Å². The predicted molar refractivity (Wildman–Crippen MR) is 104 cm³/mol. The van der Waals surface area contributed by atoms with E-state index in [-0.39, 0.29) is 30.3 Å². The van der Waals surface area contributed by atoms with Crippen LogP contribution in [0.5, 0.6) is 17.2 Å². The van der Waals surface area contributed by atoms with Crippen LogP contribution < -0.4 is 19.5 Å². The molecule has 1 atom stereocenters. The molecule has 150 valence electrons. The van der Waals surface area contributed by atoms with E-state index in [1.165, 1.54) is 20.3 Å². The van der Waals surface area contributed by atoms with Gasteiger partial charge in [-0.25, -0.2) is 0 Å². The lowest BCUT2D eigenvalue weighted by Gasteiger charge is -2.15. The van der Waals surface area contributed by atoms with Gasteiger partial charge in [-0.05, 0) is 44.0 Å². The number of methoxy groups -OCH3 is 2. The van der Waals surface area contributed by atoms with Crippen molar-refractivity contribution in [1.29, 1.82) is 0 Å². The molecule has 0 aliphatic rings. The van der Waals surface area contributed by atoms with E-state index in [2.05, 4.69) is 5.32 Å². The average molecular weight is 388 g/mol. The minimum atomic E-state index is -0.692. The Balaban J connectivity index is 1.99. The number of ether oxygens (including phenoxy) is 3. The Labute approximate surface area is 163 Å². The fraction of sp³-hybridized carbons (Fsp3) is 0.350. The Hall–Kier alpha value is -3.29. The van der Waals surface area contributed by atoms with Crippen molar-refractivity contribution in [3.8, 4) is 17.2 Å². The van der Waals surface area contributed by atoms with Crippen molar-refractivity contribution < 1.29 is 23.9 Å². The highest BCUT2D eigenvalue weighted by atomic mass is 16.6. The molecule has 0 heterocycles. The van der Waals surface area contributed by atoms with Crippen LogP contribution in [0.15, 0.2) is 36.4 Å². The molecule has 0 saturated heterocycles. The molecule has 2 rings (SSSR count). The third-order valence-electron chi connectivity index (χ3n) is 4.15. The van der Waals surface area contributed by atoms with Gasteiger partial charge in [0.2, 0.25) is 0 Å². The van der Waals surface area contributed by atoms with Crippen LogP contribution in [-0.4, -0.2) is 37.7 Å². The van der Waals surface area contributed by atoms with Gasteiger partial charge in [0.05, 0.1) is 25.2 Å². The normalized spacial score (nSPS) is 11.4. The first-order valence-electron chi connectivity index (χ1n) is 8.76. The van der Waals surface area contributed by atoms with Crippen LogP contribution in [0.1, 0.15) is 18.1 Å². The molecule has 28 heavy (non-hydrogen) atoms. The van der Waals surface area contributed by atoms with Crippen molar-refractivity contribution in [2.45, 2.75) is 26.4 Å². The van der Waals surface area contributed by atoms with Crippen LogP contribution in [-0.2, 0) is 11.2 Å². The van der Waals surface area contributed by atoms with Crippen molar-refractivity contribution in [2.75, 3.05) is 20.8 Å². The van der Waals surface area contributed by atoms with E-state index in [4.69, 9.17) is 14.2 Å². The molecular weight excluding hydrogens is 364 g/mol. The van der Waals surface area contributed by atoms with Crippen molar-refractivity contribution in [3.63, 3.8) is 0 Å². The molecule has 1 unspecified atom stereocenters. The van der Waals surface area contributed by atoms with Gasteiger partial charge in [-0.15, -0.1) is 0 Å². The summed E-state index contributed by atoms with van der Waals surface area (Å²) >= 11 is 0. The standard InChI is InChI=1S/C20H24N2O6/c1-13-6-5-7-16(10-13)28-14(2)20(23)21-9-8-15-11-18(26-3)19(27-4)12-17(15)22(24)25/h5-7,10-12,14H,8-9H2,1-4H3,(H,21,23). The number of nitro groups is 1. The molecule has 0 fully saturated rings. The maximum atomic E-state index is 12.3. The number of hydrogen-bond donors (Lipinski definition) is 1. The molecule has 0 spiro atoms. The number of carbonyl (C=O) groups excluding carboxylic acids is 1. The molecule has 0 aliphatic carbocycles. The van der Waals surface area contributed by atoms with Gasteiger partial charge in [-0.1, -0.05) is 12.1 Å². The van der Waals surface area contributed by atoms with Crippen LogP contribution >= 0.6 is 0 Å². The number of hydrogen-bond acceptors (Lipinski definition) is 6. The summed E-state index contributed by atoms with van der Waals surface area (Å²) in [6, 6.07) is 10.3. The van der Waals surface area contributed by atoms with Crippen molar-refractivity contribution in [2.24, 2.45) is 0 Å². The number of nitrogens with zero attached hydrogens (tertiary/aromatic N) is 1. The number of carbonyl (C=O) groups is 1. The first-order valence-corrected chi connectivity index (χ1v) is 8.76. The lowest BCUT2D eigenvalue weighted by atomic mass is 10.1.